The molecule has 2 aromatic carbocycles. The van der Waals surface area contributed by atoms with Gasteiger partial charge in [0.1, 0.15) is 5.82 Å². The smallest absolute Gasteiger partial charge is 0.256 e. The summed E-state index contributed by atoms with van der Waals surface area (Å²) in [6.45, 7) is 2.13. The predicted molar refractivity (Wildman–Crippen MR) is 91.9 cm³/mol. The third kappa shape index (κ3) is 5.39. The van der Waals surface area contributed by atoms with E-state index in [4.69, 9.17) is 0 Å². The highest BCUT2D eigenvalue weighted by atomic mass is 19.1. The molecule has 132 valence electrons. The zero-order valence-electron chi connectivity index (χ0n) is 14.0. The topological polar surface area (TPSA) is 69.6 Å². The van der Waals surface area contributed by atoms with Gasteiger partial charge in [-0.05, 0) is 30.2 Å². The molecule has 0 spiro atoms. The molecular formula is C19H21FN2O3. The van der Waals surface area contributed by atoms with Gasteiger partial charge in [-0.25, -0.2) is 4.39 Å². The van der Waals surface area contributed by atoms with E-state index in [0.29, 0.717) is 12.1 Å². The first-order chi connectivity index (χ1) is 12.0. The summed E-state index contributed by atoms with van der Waals surface area (Å²) in [5.74, 6) is -1.21. The highest BCUT2D eigenvalue weighted by molar-refractivity contribution is 5.87. The number of likely N-dealkylation sites (N-methyl/N-ethyl adjacent to an activating group) is 1. The van der Waals surface area contributed by atoms with E-state index in [1.54, 1.807) is 49.4 Å². The van der Waals surface area contributed by atoms with Crippen molar-refractivity contribution in [2.45, 2.75) is 19.6 Å². The average molecular weight is 344 g/mol. The summed E-state index contributed by atoms with van der Waals surface area (Å²) in [5, 5.41) is 12.9. The summed E-state index contributed by atoms with van der Waals surface area (Å²) in [6.07, 6.45) is -1.30. The molecule has 1 atom stereocenters. The second kappa shape index (κ2) is 8.94. The number of hydrogen-bond acceptors (Lipinski definition) is 3. The lowest BCUT2D eigenvalue weighted by Gasteiger charge is -2.23. The van der Waals surface area contributed by atoms with Crippen molar-refractivity contribution in [3.05, 3.63) is 71.5 Å². The van der Waals surface area contributed by atoms with Crippen LogP contribution in [0, 0.1) is 5.82 Å². The molecule has 2 aromatic rings. The molecule has 0 bridgehead atoms. The molecule has 2 N–H and O–H groups in total. The minimum absolute atomic E-state index is 0.152. The van der Waals surface area contributed by atoms with Gasteiger partial charge in [0.15, 0.2) is 6.10 Å². The molecule has 0 fully saturated rings. The van der Waals surface area contributed by atoms with Crippen LogP contribution in [0.4, 0.5) is 4.39 Å². The summed E-state index contributed by atoms with van der Waals surface area (Å²) in [7, 11) is 0. The van der Waals surface area contributed by atoms with E-state index >= 15 is 0 Å². The summed E-state index contributed by atoms with van der Waals surface area (Å²) >= 11 is 0. The van der Waals surface area contributed by atoms with Crippen LogP contribution in [-0.2, 0) is 16.1 Å². The van der Waals surface area contributed by atoms with Crippen molar-refractivity contribution in [2.75, 3.05) is 13.1 Å². The second-order valence-electron chi connectivity index (χ2n) is 5.57. The third-order valence-corrected chi connectivity index (χ3v) is 3.78. The first kappa shape index (κ1) is 18.6. The predicted octanol–water partition coefficient (Wildman–Crippen LogP) is 2.02. The lowest BCUT2D eigenvalue weighted by atomic mass is 10.1. The Morgan fingerprint density at radius 2 is 1.76 bits per heavy atom. The van der Waals surface area contributed by atoms with Crippen molar-refractivity contribution in [3.8, 4) is 0 Å². The molecule has 0 saturated carbocycles. The van der Waals surface area contributed by atoms with Crippen LogP contribution >= 0.6 is 0 Å². The van der Waals surface area contributed by atoms with E-state index < -0.39 is 12.0 Å². The van der Waals surface area contributed by atoms with Crippen molar-refractivity contribution in [1.82, 2.24) is 10.2 Å². The van der Waals surface area contributed by atoms with Crippen LogP contribution in [0.1, 0.15) is 24.2 Å². The number of halogens is 1. The van der Waals surface area contributed by atoms with Gasteiger partial charge in [0.05, 0.1) is 6.54 Å². The summed E-state index contributed by atoms with van der Waals surface area (Å²) in [5.41, 5.74) is 1.24. The van der Waals surface area contributed by atoms with Crippen LogP contribution in [0.3, 0.4) is 0 Å². The molecule has 2 amide bonds. The van der Waals surface area contributed by atoms with Gasteiger partial charge < -0.3 is 15.3 Å². The first-order valence-corrected chi connectivity index (χ1v) is 8.04. The summed E-state index contributed by atoms with van der Waals surface area (Å²) in [6, 6.07) is 14.4. The van der Waals surface area contributed by atoms with Crippen molar-refractivity contribution in [3.63, 3.8) is 0 Å². The van der Waals surface area contributed by atoms with E-state index in [2.05, 4.69) is 5.32 Å². The minimum Gasteiger partial charge on any atom is -0.378 e. The molecule has 1 unspecified atom stereocenters. The maximum Gasteiger partial charge on any atom is 0.256 e. The molecule has 0 aliphatic rings. The maximum absolute atomic E-state index is 12.9. The van der Waals surface area contributed by atoms with Gasteiger partial charge in [0.25, 0.3) is 5.91 Å². The van der Waals surface area contributed by atoms with Gasteiger partial charge in [0, 0.05) is 13.1 Å². The van der Waals surface area contributed by atoms with E-state index in [-0.39, 0.29) is 24.8 Å². The molecule has 2 rings (SSSR count). The maximum atomic E-state index is 12.9. The Morgan fingerprint density at radius 1 is 1.12 bits per heavy atom. The molecule has 0 aliphatic carbocycles. The number of carbonyl (C=O) groups excluding carboxylic acids is 2. The second-order valence-corrected chi connectivity index (χ2v) is 5.57. The van der Waals surface area contributed by atoms with Gasteiger partial charge in [-0.2, -0.15) is 0 Å². The zero-order chi connectivity index (χ0) is 18.2. The van der Waals surface area contributed by atoms with Gasteiger partial charge in [-0.3, -0.25) is 9.59 Å². The molecule has 0 radical (unpaired) electrons. The largest absolute Gasteiger partial charge is 0.378 e. The number of carbonyl (C=O) groups is 2. The zero-order valence-corrected chi connectivity index (χ0v) is 14.0. The number of nitrogens with one attached hydrogen (secondary N) is 1. The lowest BCUT2D eigenvalue weighted by molar-refractivity contribution is -0.143. The van der Waals surface area contributed by atoms with Crippen LogP contribution in [0.15, 0.2) is 54.6 Å². The average Bonchev–Trinajstić information content (AvgIpc) is 2.65. The van der Waals surface area contributed by atoms with Crippen molar-refractivity contribution < 1.29 is 19.1 Å². The molecule has 25 heavy (non-hydrogen) atoms. The molecule has 6 heteroatoms. The number of nitrogens with zero attached hydrogens (tertiary/aromatic N) is 1. The number of amides is 2. The van der Waals surface area contributed by atoms with Gasteiger partial charge >= 0.3 is 0 Å². The Kier molecular flexibility index (Phi) is 6.65. The fourth-order valence-electron chi connectivity index (χ4n) is 2.33. The Bertz CT molecular complexity index is 704. The van der Waals surface area contributed by atoms with E-state index in [1.165, 1.54) is 17.0 Å². The molecular weight excluding hydrogens is 323 g/mol. The Labute approximate surface area is 146 Å². The normalized spacial score (nSPS) is 11.6. The first-order valence-electron chi connectivity index (χ1n) is 8.04. The molecule has 0 saturated heterocycles. The van der Waals surface area contributed by atoms with Crippen molar-refractivity contribution in [2.24, 2.45) is 0 Å². The SMILES string of the molecule is CCN(CC(=O)NCc1ccc(F)cc1)C(=O)C(O)c1ccccc1. The number of rotatable bonds is 7. The number of benzene rings is 2. The van der Waals surface area contributed by atoms with Crippen LogP contribution < -0.4 is 5.32 Å². The fraction of sp³-hybridized carbons (Fsp3) is 0.263. The highest BCUT2D eigenvalue weighted by Crippen LogP contribution is 2.15. The monoisotopic (exact) mass is 344 g/mol. The number of hydrogen-bond donors (Lipinski definition) is 2. The van der Waals surface area contributed by atoms with Gasteiger partial charge in [0.2, 0.25) is 5.91 Å². The van der Waals surface area contributed by atoms with E-state index in [9.17, 15) is 19.1 Å². The van der Waals surface area contributed by atoms with E-state index in [0.717, 1.165) is 5.56 Å². The van der Waals surface area contributed by atoms with Crippen LogP contribution in [0.5, 0.6) is 0 Å². The Balaban J connectivity index is 1.90. The quantitative estimate of drug-likeness (QED) is 0.807. The van der Waals surface area contributed by atoms with Gasteiger partial charge in [-0.1, -0.05) is 42.5 Å². The van der Waals surface area contributed by atoms with Gasteiger partial charge in [-0.15, -0.1) is 0 Å². The minimum atomic E-state index is -1.30. The van der Waals surface area contributed by atoms with E-state index in [1.807, 2.05) is 0 Å². The molecule has 0 heterocycles. The third-order valence-electron chi connectivity index (χ3n) is 3.78. The summed E-state index contributed by atoms with van der Waals surface area (Å²) in [4.78, 5) is 25.7. The standard InChI is InChI=1S/C19H21FN2O3/c1-2-22(19(25)18(24)15-6-4-3-5-7-15)13-17(23)21-12-14-8-10-16(20)11-9-14/h3-11,18,24H,2,12-13H2,1H3,(H,21,23). The Morgan fingerprint density at radius 3 is 2.36 bits per heavy atom. The summed E-state index contributed by atoms with van der Waals surface area (Å²) < 4.78 is 12.9. The van der Waals surface area contributed by atoms with Crippen molar-refractivity contribution >= 4 is 11.8 Å². The Hall–Kier alpha value is -2.73. The van der Waals surface area contributed by atoms with Crippen molar-refractivity contribution in [1.29, 1.82) is 0 Å². The molecule has 0 aliphatic heterocycles. The lowest BCUT2D eigenvalue weighted by Crippen LogP contribution is -2.42. The molecule has 0 aromatic heterocycles. The van der Waals surface area contributed by atoms with Crippen LogP contribution in [0.2, 0.25) is 0 Å². The number of aliphatic hydroxyl groups is 1. The molecule has 5 nitrogen and oxygen atoms in total. The fourth-order valence-corrected chi connectivity index (χ4v) is 2.33. The van der Waals surface area contributed by atoms with Crippen LogP contribution in [0.25, 0.3) is 0 Å². The van der Waals surface area contributed by atoms with Crippen LogP contribution in [-0.4, -0.2) is 34.9 Å². The number of aliphatic hydroxyl groups excluding tert-OH is 1. The highest BCUT2D eigenvalue weighted by Gasteiger charge is 2.24.